The fourth-order valence-electron chi connectivity index (χ4n) is 1.85. The first-order valence-corrected chi connectivity index (χ1v) is 5.01. The summed E-state index contributed by atoms with van der Waals surface area (Å²) >= 11 is 0. The number of ether oxygens (including phenoxy) is 1. The van der Waals surface area contributed by atoms with Gasteiger partial charge < -0.3 is 14.8 Å². The summed E-state index contributed by atoms with van der Waals surface area (Å²) in [6.07, 6.45) is -2.87. The van der Waals surface area contributed by atoms with E-state index in [0.717, 1.165) is 19.2 Å². The minimum Gasteiger partial charge on any atom is -0.387 e. The van der Waals surface area contributed by atoms with Gasteiger partial charge in [-0.15, -0.1) is 0 Å². The quantitative estimate of drug-likeness (QED) is 0.687. The molecule has 6 nitrogen and oxygen atoms in total. The molecule has 1 aliphatic rings. The number of halogens is 1. The van der Waals surface area contributed by atoms with Crippen LogP contribution in [0.5, 0.6) is 0 Å². The number of aromatic nitrogens is 2. The van der Waals surface area contributed by atoms with Crippen molar-refractivity contribution in [3.05, 3.63) is 40.0 Å². The van der Waals surface area contributed by atoms with E-state index >= 15 is 0 Å². The van der Waals surface area contributed by atoms with Gasteiger partial charge in [-0.3, -0.25) is 4.79 Å². The van der Waals surface area contributed by atoms with Crippen LogP contribution in [0.4, 0.5) is 4.39 Å². The summed E-state index contributed by atoms with van der Waals surface area (Å²) in [5.74, 6) is 0. The fraction of sp³-hybridized carbons (Fsp3) is 0.500. The maximum atomic E-state index is 14.2. The van der Waals surface area contributed by atoms with Gasteiger partial charge in [-0.1, -0.05) is 0 Å². The molecule has 0 aliphatic carbocycles. The average Bonchev–Trinajstić information content (AvgIpc) is 2.43. The molecule has 0 aromatic carbocycles. The largest absolute Gasteiger partial charge is 0.387 e. The SMILES string of the molecule is [CH2][C@H]1O[C@@H](n2c(=O)cc[nH]c2=O)[C@](C)(F)[C@@H]1O. The molecule has 1 fully saturated rings. The van der Waals surface area contributed by atoms with E-state index in [1.54, 1.807) is 0 Å². The third-order valence-electron chi connectivity index (χ3n) is 2.84. The molecule has 1 aromatic rings. The average molecular weight is 243 g/mol. The number of rotatable bonds is 1. The van der Waals surface area contributed by atoms with Crippen LogP contribution in [0.3, 0.4) is 0 Å². The maximum Gasteiger partial charge on any atom is 0.330 e. The van der Waals surface area contributed by atoms with Crippen molar-refractivity contribution < 1.29 is 14.2 Å². The van der Waals surface area contributed by atoms with Gasteiger partial charge in [0.05, 0.1) is 6.10 Å². The number of hydrogen-bond acceptors (Lipinski definition) is 4. The van der Waals surface area contributed by atoms with Gasteiger partial charge >= 0.3 is 5.69 Å². The van der Waals surface area contributed by atoms with Gasteiger partial charge in [-0.2, -0.15) is 0 Å². The standard InChI is InChI=1S/C10H12FN2O4/c1-5-7(15)10(2,11)8(17-5)13-6(14)3-4-12-9(13)16/h3-5,7-8,15H,1H2,2H3,(H,12,16)/t5-,7-,8-,10-/m1/s1. The van der Waals surface area contributed by atoms with Crippen LogP contribution >= 0.6 is 0 Å². The first-order valence-electron chi connectivity index (χ1n) is 5.01. The zero-order valence-corrected chi connectivity index (χ0v) is 9.09. The lowest BCUT2D eigenvalue weighted by Gasteiger charge is -2.24. The maximum absolute atomic E-state index is 14.2. The van der Waals surface area contributed by atoms with E-state index in [1.165, 1.54) is 0 Å². The van der Waals surface area contributed by atoms with Gasteiger partial charge in [-0.05, 0) is 13.8 Å². The highest BCUT2D eigenvalue weighted by Crippen LogP contribution is 2.39. The zero-order valence-electron chi connectivity index (χ0n) is 9.09. The van der Waals surface area contributed by atoms with E-state index in [1.807, 2.05) is 0 Å². The number of aromatic amines is 1. The minimum atomic E-state index is -2.26. The lowest BCUT2D eigenvalue weighted by atomic mass is 9.99. The van der Waals surface area contributed by atoms with Crippen LogP contribution in [0.2, 0.25) is 0 Å². The van der Waals surface area contributed by atoms with Crippen molar-refractivity contribution in [3.8, 4) is 0 Å². The molecule has 0 unspecified atom stereocenters. The number of H-pyrrole nitrogens is 1. The predicted octanol–water partition coefficient (Wildman–Crippen LogP) is -0.643. The first-order chi connectivity index (χ1) is 7.85. The number of hydrogen-bond donors (Lipinski definition) is 2. The summed E-state index contributed by atoms with van der Waals surface area (Å²) in [6.45, 7) is 4.47. The number of aliphatic hydroxyl groups is 1. The molecule has 0 saturated carbocycles. The van der Waals surface area contributed by atoms with Crippen molar-refractivity contribution in [2.75, 3.05) is 0 Å². The molecule has 7 heteroatoms. The van der Waals surface area contributed by atoms with Crippen LogP contribution in [-0.2, 0) is 4.74 Å². The summed E-state index contributed by atoms with van der Waals surface area (Å²) in [4.78, 5) is 25.3. The Balaban J connectivity index is 2.56. The van der Waals surface area contributed by atoms with Gasteiger partial charge in [0.25, 0.3) is 5.56 Å². The van der Waals surface area contributed by atoms with Gasteiger partial charge in [0.15, 0.2) is 11.9 Å². The Morgan fingerprint density at radius 1 is 1.65 bits per heavy atom. The molecule has 1 saturated heterocycles. The topological polar surface area (TPSA) is 84.3 Å². The Morgan fingerprint density at radius 2 is 2.29 bits per heavy atom. The van der Waals surface area contributed by atoms with E-state index < -0.39 is 35.4 Å². The third-order valence-corrected chi connectivity index (χ3v) is 2.84. The number of aliphatic hydroxyl groups excluding tert-OH is 1. The molecule has 2 heterocycles. The molecule has 93 valence electrons. The fourth-order valence-corrected chi connectivity index (χ4v) is 1.85. The highest BCUT2D eigenvalue weighted by Gasteiger charge is 2.54. The van der Waals surface area contributed by atoms with Crippen LogP contribution in [0, 0.1) is 6.92 Å². The van der Waals surface area contributed by atoms with Crippen LogP contribution in [0.25, 0.3) is 0 Å². The van der Waals surface area contributed by atoms with Crippen LogP contribution < -0.4 is 11.2 Å². The van der Waals surface area contributed by atoms with Crippen molar-refractivity contribution in [2.24, 2.45) is 0 Å². The lowest BCUT2D eigenvalue weighted by molar-refractivity contribution is -0.0463. The molecule has 4 atom stereocenters. The summed E-state index contributed by atoms with van der Waals surface area (Å²) < 4.78 is 19.9. The summed E-state index contributed by atoms with van der Waals surface area (Å²) in [5.41, 5.74) is -3.76. The zero-order chi connectivity index (χ0) is 12.8. The van der Waals surface area contributed by atoms with E-state index in [-0.39, 0.29) is 0 Å². The smallest absolute Gasteiger partial charge is 0.330 e. The molecule has 2 rings (SSSR count). The van der Waals surface area contributed by atoms with Crippen molar-refractivity contribution in [3.63, 3.8) is 0 Å². The Kier molecular flexibility index (Phi) is 2.67. The molecule has 1 radical (unpaired) electrons. The Morgan fingerprint density at radius 3 is 2.76 bits per heavy atom. The van der Waals surface area contributed by atoms with E-state index in [0.29, 0.717) is 4.57 Å². The van der Waals surface area contributed by atoms with Gasteiger partial charge in [0, 0.05) is 12.3 Å². The van der Waals surface area contributed by atoms with Crippen molar-refractivity contribution in [1.29, 1.82) is 0 Å². The number of nitrogens with one attached hydrogen (secondary N) is 1. The molecule has 17 heavy (non-hydrogen) atoms. The molecule has 0 spiro atoms. The predicted molar refractivity (Wildman–Crippen MR) is 56.1 cm³/mol. The number of alkyl halides is 1. The molecular formula is C10H12FN2O4. The second-order valence-electron chi connectivity index (χ2n) is 4.11. The first kappa shape index (κ1) is 12.0. The molecule has 0 bridgehead atoms. The van der Waals surface area contributed by atoms with Gasteiger partial charge in [0.1, 0.15) is 6.10 Å². The lowest BCUT2D eigenvalue weighted by Crippen LogP contribution is -2.46. The normalized spacial score (nSPS) is 37.3. The van der Waals surface area contributed by atoms with Crippen LogP contribution in [0.15, 0.2) is 21.9 Å². The molecule has 1 aromatic heterocycles. The van der Waals surface area contributed by atoms with E-state index in [9.17, 15) is 19.1 Å². The Hall–Kier alpha value is -1.47. The number of nitrogens with zero attached hydrogens (tertiary/aromatic N) is 1. The minimum absolute atomic E-state index is 0.592. The molecule has 2 N–H and O–H groups in total. The highest BCUT2D eigenvalue weighted by atomic mass is 19.1. The molecule has 0 amide bonds. The second-order valence-corrected chi connectivity index (χ2v) is 4.11. The highest BCUT2D eigenvalue weighted by molar-refractivity contribution is 5.02. The van der Waals surface area contributed by atoms with Crippen molar-refractivity contribution in [1.82, 2.24) is 9.55 Å². The van der Waals surface area contributed by atoms with Gasteiger partial charge in [-0.25, -0.2) is 13.8 Å². The van der Waals surface area contributed by atoms with Crippen LogP contribution in [-0.4, -0.2) is 32.5 Å². The molecule has 1 aliphatic heterocycles. The van der Waals surface area contributed by atoms with E-state index in [4.69, 9.17) is 4.74 Å². The third kappa shape index (κ3) is 1.71. The van der Waals surface area contributed by atoms with E-state index in [2.05, 4.69) is 11.9 Å². The summed E-state index contributed by atoms with van der Waals surface area (Å²) in [6, 6.07) is 1.07. The van der Waals surface area contributed by atoms with Crippen LogP contribution in [0.1, 0.15) is 13.2 Å². The summed E-state index contributed by atoms with van der Waals surface area (Å²) in [5, 5.41) is 9.55. The Bertz CT molecular complexity index is 507. The monoisotopic (exact) mass is 243 g/mol. The van der Waals surface area contributed by atoms with Crippen molar-refractivity contribution in [2.45, 2.75) is 31.0 Å². The van der Waals surface area contributed by atoms with Crippen molar-refractivity contribution >= 4 is 0 Å². The second kappa shape index (κ2) is 3.78. The van der Waals surface area contributed by atoms with Gasteiger partial charge in [0.2, 0.25) is 0 Å². The summed E-state index contributed by atoms with van der Waals surface area (Å²) in [7, 11) is 0. The molecular weight excluding hydrogens is 231 g/mol. The Labute approximate surface area is 95.7 Å².